The van der Waals surface area contributed by atoms with Crippen molar-refractivity contribution in [1.82, 2.24) is 0 Å². The van der Waals surface area contributed by atoms with Gasteiger partial charge in [-0.2, -0.15) is 0 Å². The maximum absolute atomic E-state index is 5.74. The number of benzene rings is 1. The van der Waals surface area contributed by atoms with E-state index in [-0.39, 0.29) is 0 Å². The third-order valence-electron chi connectivity index (χ3n) is 2.31. The molecule has 0 bridgehead atoms. The van der Waals surface area contributed by atoms with Crippen LogP contribution in [0.2, 0.25) is 0 Å². The Balaban J connectivity index is 2.58. The van der Waals surface area contributed by atoms with E-state index in [4.69, 9.17) is 16.3 Å². The van der Waals surface area contributed by atoms with Crippen LogP contribution >= 0.6 is 11.6 Å². The molecule has 0 saturated carbocycles. The molecule has 0 amide bonds. The van der Waals surface area contributed by atoms with Gasteiger partial charge in [0.25, 0.3) is 0 Å². The van der Waals surface area contributed by atoms with Crippen molar-refractivity contribution in [3.8, 4) is 5.75 Å². The lowest BCUT2D eigenvalue weighted by Gasteiger charge is -2.21. The van der Waals surface area contributed by atoms with E-state index in [1.807, 2.05) is 6.07 Å². The maximum Gasteiger partial charge on any atom is 0.129 e. The van der Waals surface area contributed by atoms with Crippen molar-refractivity contribution >= 4 is 17.2 Å². The summed E-state index contributed by atoms with van der Waals surface area (Å²) in [5.74, 6) is 0.987. The number of hydrogen-bond donors (Lipinski definition) is 0. The molecule has 1 heterocycles. The van der Waals surface area contributed by atoms with Gasteiger partial charge in [0, 0.05) is 17.5 Å². The quantitative estimate of drug-likeness (QED) is 0.616. The molecule has 0 aliphatic carbocycles. The Kier molecular flexibility index (Phi) is 2.28. The van der Waals surface area contributed by atoms with E-state index in [1.165, 1.54) is 11.1 Å². The van der Waals surface area contributed by atoms with Crippen molar-refractivity contribution in [2.45, 2.75) is 13.3 Å². The van der Waals surface area contributed by atoms with Gasteiger partial charge in [-0.05, 0) is 18.1 Å². The SMILES string of the molecule is Cc1cccc2c1OCC/C2=C/Cl. The van der Waals surface area contributed by atoms with Gasteiger partial charge in [-0.1, -0.05) is 29.8 Å². The number of halogens is 1. The summed E-state index contributed by atoms with van der Waals surface area (Å²) >= 11 is 5.74. The molecular weight excluding hydrogens is 184 g/mol. The zero-order valence-electron chi connectivity index (χ0n) is 7.51. The molecule has 0 fully saturated rings. The minimum atomic E-state index is 0.733. The normalized spacial score (nSPS) is 18.2. The van der Waals surface area contributed by atoms with Crippen LogP contribution in [0, 0.1) is 6.92 Å². The van der Waals surface area contributed by atoms with Gasteiger partial charge in [0.05, 0.1) is 6.61 Å². The smallest absolute Gasteiger partial charge is 0.129 e. The molecule has 13 heavy (non-hydrogen) atoms. The first kappa shape index (κ1) is 8.64. The summed E-state index contributed by atoms with van der Waals surface area (Å²) in [4.78, 5) is 0. The van der Waals surface area contributed by atoms with Crippen molar-refractivity contribution in [2.75, 3.05) is 6.61 Å². The van der Waals surface area contributed by atoms with Crippen LogP contribution in [0.25, 0.3) is 5.57 Å². The van der Waals surface area contributed by atoms with Gasteiger partial charge in [0.2, 0.25) is 0 Å². The minimum absolute atomic E-state index is 0.733. The zero-order valence-corrected chi connectivity index (χ0v) is 8.27. The Bertz CT molecular complexity index is 355. The second-order valence-corrected chi connectivity index (χ2v) is 3.40. The summed E-state index contributed by atoms with van der Waals surface area (Å²) in [6, 6.07) is 6.13. The molecule has 1 aromatic rings. The molecule has 1 nitrogen and oxygen atoms in total. The Morgan fingerprint density at radius 1 is 1.46 bits per heavy atom. The Morgan fingerprint density at radius 3 is 3.08 bits per heavy atom. The molecule has 1 aliphatic heterocycles. The minimum Gasteiger partial charge on any atom is -0.492 e. The highest BCUT2D eigenvalue weighted by molar-refractivity contribution is 6.28. The van der Waals surface area contributed by atoms with Crippen LogP contribution < -0.4 is 4.74 Å². The lowest BCUT2D eigenvalue weighted by atomic mass is 9.99. The van der Waals surface area contributed by atoms with Crippen molar-refractivity contribution < 1.29 is 4.74 Å². The van der Waals surface area contributed by atoms with Crippen LogP contribution in [-0.4, -0.2) is 6.61 Å². The van der Waals surface area contributed by atoms with E-state index in [0.29, 0.717) is 0 Å². The van der Waals surface area contributed by atoms with E-state index < -0.39 is 0 Å². The molecule has 0 radical (unpaired) electrons. The molecule has 68 valence electrons. The molecule has 0 saturated heterocycles. The van der Waals surface area contributed by atoms with Crippen LogP contribution in [-0.2, 0) is 0 Å². The maximum atomic E-state index is 5.74. The average molecular weight is 195 g/mol. The summed E-state index contributed by atoms with van der Waals surface area (Å²) in [6.07, 6.45) is 0.903. The molecular formula is C11H11ClO. The first-order valence-electron chi connectivity index (χ1n) is 4.35. The van der Waals surface area contributed by atoms with Crippen LogP contribution in [0.4, 0.5) is 0 Å². The van der Waals surface area contributed by atoms with Gasteiger partial charge < -0.3 is 4.74 Å². The zero-order chi connectivity index (χ0) is 9.26. The van der Waals surface area contributed by atoms with Gasteiger partial charge in [-0.25, -0.2) is 0 Å². The number of hydrogen-bond acceptors (Lipinski definition) is 1. The standard InChI is InChI=1S/C11H11ClO/c1-8-3-2-4-10-9(7-12)5-6-13-11(8)10/h2-4,7H,5-6H2,1H3/b9-7-. The van der Waals surface area contributed by atoms with E-state index >= 15 is 0 Å². The van der Waals surface area contributed by atoms with Crippen molar-refractivity contribution in [1.29, 1.82) is 0 Å². The van der Waals surface area contributed by atoms with Crippen molar-refractivity contribution in [2.24, 2.45) is 0 Å². The highest BCUT2D eigenvalue weighted by atomic mass is 35.5. The second-order valence-electron chi connectivity index (χ2n) is 3.18. The molecule has 0 aromatic heterocycles. The van der Waals surface area contributed by atoms with Crippen LogP contribution in [0.5, 0.6) is 5.75 Å². The molecule has 0 unspecified atom stereocenters. The van der Waals surface area contributed by atoms with E-state index in [9.17, 15) is 0 Å². The molecule has 0 spiro atoms. The summed E-state index contributed by atoms with van der Waals surface area (Å²) in [5, 5.41) is 0. The fourth-order valence-corrected chi connectivity index (χ4v) is 1.83. The van der Waals surface area contributed by atoms with Gasteiger partial charge in [0.15, 0.2) is 0 Å². The van der Waals surface area contributed by atoms with Gasteiger partial charge >= 0.3 is 0 Å². The highest BCUT2D eigenvalue weighted by Gasteiger charge is 2.15. The monoisotopic (exact) mass is 194 g/mol. The van der Waals surface area contributed by atoms with E-state index in [0.717, 1.165) is 24.3 Å². The Hall–Kier alpha value is -0.950. The van der Waals surface area contributed by atoms with E-state index in [2.05, 4.69) is 19.1 Å². The Morgan fingerprint density at radius 2 is 2.31 bits per heavy atom. The van der Waals surface area contributed by atoms with Crippen LogP contribution in [0.3, 0.4) is 0 Å². The summed E-state index contributed by atoms with van der Waals surface area (Å²) < 4.78 is 5.59. The number of ether oxygens (including phenoxy) is 1. The van der Waals surface area contributed by atoms with Gasteiger partial charge in [-0.3, -0.25) is 0 Å². The van der Waals surface area contributed by atoms with Crippen LogP contribution in [0.15, 0.2) is 23.7 Å². The Labute approximate surface area is 83.0 Å². The lowest BCUT2D eigenvalue weighted by Crippen LogP contribution is -2.08. The van der Waals surface area contributed by atoms with Crippen LogP contribution in [0.1, 0.15) is 17.5 Å². The number of para-hydroxylation sites is 1. The fourth-order valence-electron chi connectivity index (χ4n) is 1.61. The fraction of sp³-hybridized carbons (Fsp3) is 0.273. The first-order valence-corrected chi connectivity index (χ1v) is 4.78. The lowest BCUT2D eigenvalue weighted by molar-refractivity contribution is 0.314. The number of rotatable bonds is 0. The van der Waals surface area contributed by atoms with Crippen molar-refractivity contribution in [3.63, 3.8) is 0 Å². The second kappa shape index (κ2) is 3.43. The molecule has 0 N–H and O–H groups in total. The number of aryl methyl sites for hydroxylation is 1. The topological polar surface area (TPSA) is 9.23 Å². The molecule has 1 aromatic carbocycles. The highest BCUT2D eigenvalue weighted by Crippen LogP contribution is 2.35. The summed E-state index contributed by atoms with van der Waals surface area (Å²) in [6.45, 7) is 2.78. The third kappa shape index (κ3) is 1.44. The average Bonchev–Trinajstić information content (AvgIpc) is 2.18. The molecule has 0 atom stereocenters. The largest absolute Gasteiger partial charge is 0.492 e. The summed E-state index contributed by atoms with van der Waals surface area (Å²) in [7, 11) is 0. The molecule has 2 heteroatoms. The van der Waals surface area contributed by atoms with E-state index in [1.54, 1.807) is 5.54 Å². The molecule has 2 rings (SSSR count). The van der Waals surface area contributed by atoms with Gasteiger partial charge in [0.1, 0.15) is 5.75 Å². The number of fused-ring (bicyclic) bond motifs is 1. The molecule has 1 aliphatic rings. The predicted octanol–water partition coefficient (Wildman–Crippen LogP) is 3.36. The summed E-state index contributed by atoms with van der Waals surface area (Å²) in [5.41, 5.74) is 5.14. The first-order chi connectivity index (χ1) is 6.33. The predicted molar refractivity (Wildman–Crippen MR) is 55.1 cm³/mol. The van der Waals surface area contributed by atoms with Gasteiger partial charge in [-0.15, -0.1) is 0 Å². The van der Waals surface area contributed by atoms with Crippen molar-refractivity contribution in [3.05, 3.63) is 34.9 Å². The third-order valence-corrected chi connectivity index (χ3v) is 2.57.